The molecule has 2 atom stereocenters. The van der Waals surface area contributed by atoms with Gasteiger partial charge in [-0.05, 0) is 32.7 Å². The van der Waals surface area contributed by atoms with Gasteiger partial charge in [0, 0.05) is 24.2 Å². The zero-order chi connectivity index (χ0) is 14.8. The minimum absolute atomic E-state index is 0. The molecule has 1 aromatic heterocycles. The topological polar surface area (TPSA) is 55.3 Å². The minimum atomic E-state index is 0. The van der Waals surface area contributed by atoms with E-state index in [1.165, 1.54) is 12.0 Å². The molecule has 22 heavy (non-hydrogen) atoms. The van der Waals surface area contributed by atoms with E-state index in [-0.39, 0.29) is 12.4 Å². The van der Waals surface area contributed by atoms with E-state index < -0.39 is 0 Å². The number of hydrogen-bond donors (Lipinski definition) is 1. The number of aryl methyl sites for hydroxylation is 1. The lowest BCUT2D eigenvalue weighted by Crippen LogP contribution is -2.27. The first-order valence-corrected chi connectivity index (χ1v) is 7.62. The normalized spacial score (nSPS) is 21.8. The predicted molar refractivity (Wildman–Crippen MR) is 91.0 cm³/mol. The maximum atomic E-state index is 5.78. The van der Waals surface area contributed by atoms with Crippen LogP contribution in [0.25, 0.3) is 11.3 Å². The Morgan fingerprint density at radius 1 is 1.32 bits per heavy atom. The first-order valence-electron chi connectivity index (χ1n) is 7.62. The zero-order valence-corrected chi connectivity index (χ0v) is 14.0. The molecule has 1 saturated heterocycles. The van der Waals surface area contributed by atoms with E-state index in [0.29, 0.717) is 12.0 Å². The van der Waals surface area contributed by atoms with Crippen LogP contribution in [-0.2, 0) is 6.54 Å². The van der Waals surface area contributed by atoms with Gasteiger partial charge in [0.1, 0.15) is 5.69 Å². The van der Waals surface area contributed by atoms with E-state index in [0.717, 1.165) is 36.7 Å². The zero-order valence-electron chi connectivity index (χ0n) is 13.2. The fraction of sp³-hybridized carbons (Fsp3) is 0.471. The molecule has 2 N–H and O–H groups in total. The summed E-state index contributed by atoms with van der Waals surface area (Å²) in [4.78, 5) is 2.43. The molecule has 2 heterocycles. The molecule has 4 nitrogen and oxygen atoms in total. The van der Waals surface area contributed by atoms with E-state index in [4.69, 9.17) is 10.3 Å². The van der Waals surface area contributed by atoms with Crippen LogP contribution in [0.15, 0.2) is 34.9 Å². The molecular formula is C17H24ClN3O. The van der Waals surface area contributed by atoms with Gasteiger partial charge in [0.15, 0.2) is 5.76 Å². The van der Waals surface area contributed by atoms with Gasteiger partial charge in [-0.3, -0.25) is 4.90 Å². The molecule has 120 valence electrons. The number of rotatable bonds is 4. The number of aromatic nitrogens is 1. The summed E-state index contributed by atoms with van der Waals surface area (Å²) in [6, 6.07) is 11.0. The van der Waals surface area contributed by atoms with Crippen LogP contribution in [0.2, 0.25) is 0 Å². The molecule has 2 unspecified atom stereocenters. The first kappa shape index (κ1) is 17.0. The summed E-state index contributed by atoms with van der Waals surface area (Å²) in [6.45, 7) is 6.98. The Morgan fingerprint density at radius 2 is 2.05 bits per heavy atom. The maximum absolute atomic E-state index is 5.78. The third kappa shape index (κ3) is 3.69. The van der Waals surface area contributed by atoms with Crippen LogP contribution in [-0.4, -0.2) is 29.2 Å². The largest absolute Gasteiger partial charge is 0.359 e. The van der Waals surface area contributed by atoms with Gasteiger partial charge in [0.25, 0.3) is 0 Å². The van der Waals surface area contributed by atoms with Crippen LogP contribution in [0.5, 0.6) is 0 Å². The molecular weight excluding hydrogens is 298 g/mol. The summed E-state index contributed by atoms with van der Waals surface area (Å²) in [6.07, 6.45) is 1.18. The summed E-state index contributed by atoms with van der Waals surface area (Å²) < 4.78 is 5.51. The first-order chi connectivity index (χ1) is 10.2. The summed E-state index contributed by atoms with van der Waals surface area (Å²) in [5, 5.41) is 4.20. The summed E-state index contributed by atoms with van der Waals surface area (Å²) in [5.41, 5.74) is 9.04. The van der Waals surface area contributed by atoms with Crippen LogP contribution in [0.4, 0.5) is 0 Å². The lowest BCUT2D eigenvalue weighted by molar-refractivity contribution is 0.223. The molecule has 1 aliphatic rings. The molecule has 1 fully saturated rings. The lowest BCUT2D eigenvalue weighted by atomic mass is 10.1. The Labute approximate surface area is 138 Å². The molecule has 0 aliphatic carbocycles. The average Bonchev–Trinajstić information content (AvgIpc) is 3.08. The molecule has 0 radical (unpaired) electrons. The highest BCUT2D eigenvalue weighted by Gasteiger charge is 2.28. The van der Waals surface area contributed by atoms with E-state index in [1.807, 2.05) is 6.07 Å². The van der Waals surface area contributed by atoms with Gasteiger partial charge in [-0.1, -0.05) is 35.0 Å². The van der Waals surface area contributed by atoms with Crippen molar-refractivity contribution in [3.05, 3.63) is 41.7 Å². The number of nitrogens with two attached hydrogens (primary N) is 1. The second-order valence-corrected chi connectivity index (χ2v) is 6.16. The summed E-state index contributed by atoms with van der Waals surface area (Å²) >= 11 is 0. The smallest absolute Gasteiger partial charge is 0.151 e. The minimum Gasteiger partial charge on any atom is -0.359 e. The Balaban J connectivity index is 0.00000176. The van der Waals surface area contributed by atoms with Crippen molar-refractivity contribution in [3.8, 4) is 11.3 Å². The molecule has 0 amide bonds. The third-order valence-corrected chi connectivity index (χ3v) is 4.39. The van der Waals surface area contributed by atoms with E-state index in [2.05, 4.69) is 48.2 Å². The molecule has 1 aromatic carbocycles. The van der Waals surface area contributed by atoms with Crippen molar-refractivity contribution in [1.29, 1.82) is 0 Å². The van der Waals surface area contributed by atoms with Crippen molar-refractivity contribution in [2.75, 3.05) is 13.1 Å². The van der Waals surface area contributed by atoms with Crippen molar-refractivity contribution < 1.29 is 4.52 Å². The van der Waals surface area contributed by atoms with Gasteiger partial charge in [0.2, 0.25) is 0 Å². The SMILES string of the molecule is Cc1ccc(-c2cc(CN3CC(CN)CC3C)on2)cc1.Cl. The highest BCUT2D eigenvalue weighted by Crippen LogP contribution is 2.26. The standard InChI is InChI=1S/C17H23N3O.ClH/c1-12-3-5-15(6-4-12)17-8-16(21-19-17)11-20-10-14(9-18)7-13(20)2;/h3-6,8,13-14H,7,9-11,18H2,1-2H3;1H. The van der Waals surface area contributed by atoms with Gasteiger partial charge < -0.3 is 10.3 Å². The fourth-order valence-electron chi connectivity index (χ4n) is 3.06. The number of likely N-dealkylation sites (tertiary alicyclic amines) is 1. The Kier molecular flexibility index (Phi) is 5.62. The van der Waals surface area contributed by atoms with Crippen LogP contribution in [0.1, 0.15) is 24.7 Å². The van der Waals surface area contributed by atoms with Gasteiger partial charge in [-0.2, -0.15) is 0 Å². The summed E-state index contributed by atoms with van der Waals surface area (Å²) in [5.74, 6) is 1.54. The molecule has 0 saturated carbocycles. The Morgan fingerprint density at radius 3 is 2.68 bits per heavy atom. The maximum Gasteiger partial charge on any atom is 0.151 e. The third-order valence-electron chi connectivity index (χ3n) is 4.39. The molecule has 2 aromatic rings. The van der Waals surface area contributed by atoms with Crippen molar-refractivity contribution in [2.24, 2.45) is 11.7 Å². The van der Waals surface area contributed by atoms with Gasteiger partial charge in [-0.15, -0.1) is 12.4 Å². The van der Waals surface area contributed by atoms with Crippen molar-refractivity contribution >= 4 is 12.4 Å². The van der Waals surface area contributed by atoms with E-state index >= 15 is 0 Å². The van der Waals surface area contributed by atoms with Crippen LogP contribution < -0.4 is 5.73 Å². The van der Waals surface area contributed by atoms with Crippen molar-refractivity contribution in [1.82, 2.24) is 10.1 Å². The average molecular weight is 322 g/mol. The monoisotopic (exact) mass is 321 g/mol. The molecule has 0 spiro atoms. The molecule has 1 aliphatic heterocycles. The van der Waals surface area contributed by atoms with Gasteiger partial charge in [0.05, 0.1) is 6.54 Å². The molecule has 3 rings (SSSR count). The van der Waals surface area contributed by atoms with Crippen LogP contribution >= 0.6 is 12.4 Å². The predicted octanol–water partition coefficient (Wildman–Crippen LogP) is 3.24. The fourth-order valence-corrected chi connectivity index (χ4v) is 3.06. The Hall–Kier alpha value is -1.36. The number of hydrogen-bond acceptors (Lipinski definition) is 4. The molecule has 5 heteroatoms. The second kappa shape index (κ2) is 7.27. The van der Waals surface area contributed by atoms with Gasteiger partial charge >= 0.3 is 0 Å². The quantitative estimate of drug-likeness (QED) is 0.939. The van der Waals surface area contributed by atoms with Crippen LogP contribution in [0.3, 0.4) is 0 Å². The van der Waals surface area contributed by atoms with E-state index in [1.54, 1.807) is 0 Å². The van der Waals surface area contributed by atoms with Crippen LogP contribution in [0, 0.1) is 12.8 Å². The number of nitrogens with zero attached hydrogens (tertiary/aromatic N) is 2. The number of benzene rings is 1. The number of halogens is 1. The Bertz CT molecular complexity index is 596. The van der Waals surface area contributed by atoms with Crippen molar-refractivity contribution in [2.45, 2.75) is 32.9 Å². The van der Waals surface area contributed by atoms with Gasteiger partial charge in [-0.25, -0.2) is 0 Å². The second-order valence-electron chi connectivity index (χ2n) is 6.16. The highest BCUT2D eigenvalue weighted by molar-refractivity contribution is 5.85. The lowest BCUT2D eigenvalue weighted by Gasteiger charge is -2.18. The molecule has 0 bridgehead atoms. The summed E-state index contributed by atoms with van der Waals surface area (Å²) in [7, 11) is 0. The van der Waals surface area contributed by atoms with Crippen molar-refractivity contribution in [3.63, 3.8) is 0 Å². The highest BCUT2D eigenvalue weighted by atomic mass is 35.5. The van der Waals surface area contributed by atoms with E-state index in [9.17, 15) is 0 Å².